The molecule has 0 amide bonds. The summed E-state index contributed by atoms with van der Waals surface area (Å²) >= 11 is 3.37. The first-order valence-electron chi connectivity index (χ1n) is 4.77. The summed E-state index contributed by atoms with van der Waals surface area (Å²) in [7, 11) is 0. The maximum absolute atomic E-state index is 11.5. The normalized spacial score (nSPS) is 11.8. The van der Waals surface area contributed by atoms with E-state index in [0.29, 0.717) is 4.47 Å². The van der Waals surface area contributed by atoms with Gasteiger partial charge in [-0.15, -0.1) is 0 Å². The predicted molar refractivity (Wildman–Crippen MR) is 62.8 cm³/mol. The lowest BCUT2D eigenvalue weighted by Crippen LogP contribution is -2.24. The number of halogens is 1. The van der Waals surface area contributed by atoms with Crippen LogP contribution in [0, 0.1) is 0 Å². The average molecular weight is 258 g/mol. The van der Waals surface area contributed by atoms with E-state index in [1.54, 1.807) is 6.07 Å². The molecule has 0 fully saturated rings. The molecule has 0 atom stereocenters. The SMILES string of the molecule is CCn1ccc(=O)c(Br)c1C(C)(C)C. The van der Waals surface area contributed by atoms with Crippen LogP contribution in [0.5, 0.6) is 0 Å². The van der Waals surface area contributed by atoms with Gasteiger partial charge in [0.25, 0.3) is 0 Å². The molecule has 0 N–H and O–H groups in total. The van der Waals surface area contributed by atoms with Gasteiger partial charge in [-0.1, -0.05) is 20.8 Å². The van der Waals surface area contributed by atoms with Crippen LogP contribution in [-0.4, -0.2) is 4.57 Å². The van der Waals surface area contributed by atoms with Gasteiger partial charge in [-0.25, -0.2) is 0 Å². The van der Waals surface area contributed by atoms with Gasteiger partial charge in [0.2, 0.25) is 0 Å². The Morgan fingerprint density at radius 3 is 2.43 bits per heavy atom. The van der Waals surface area contributed by atoms with Gasteiger partial charge in [-0.2, -0.15) is 0 Å². The first-order chi connectivity index (χ1) is 6.38. The molecule has 1 rings (SSSR count). The molecule has 1 heterocycles. The van der Waals surface area contributed by atoms with Gasteiger partial charge in [-0.05, 0) is 22.9 Å². The first-order valence-corrected chi connectivity index (χ1v) is 5.56. The van der Waals surface area contributed by atoms with Crippen LogP contribution in [-0.2, 0) is 12.0 Å². The minimum absolute atomic E-state index is 0.0186. The van der Waals surface area contributed by atoms with Crippen molar-refractivity contribution in [1.29, 1.82) is 0 Å². The van der Waals surface area contributed by atoms with E-state index in [1.807, 2.05) is 6.20 Å². The Morgan fingerprint density at radius 1 is 1.43 bits per heavy atom. The molecule has 3 heteroatoms. The Labute approximate surface area is 93.1 Å². The average Bonchev–Trinajstić information content (AvgIpc) is 2.07. The topological polar surface area (TPSA) is 22.0 Å². The summed E-state index contributed by atoms with van der Waals surface area (Å²) in [6, 6.07) is 1.60. The van der Waals surface area contributed by atoms with Crippen LogP contribution in [0.1, 0.15) is 33.4 Å². The lowest BCUT2D eigenvalue weighted by molar-refractivity contribution is 0.513. The van der Waals surface area contributed by atoms with Crippen LogP contribution in [0.2, 0.25) is 0 Å². The zero-order chi connectivity index (χ0) is 10.9. The molecule has 0 aliphatic carbocycles. The molecule has 78 valence electrons. The molecule has 0 aliphatic heterocycles. The summed E-state index contributed by atoms with van der Waals surface area (Å²) in [5, 5.41) is 0. The lowest BCUT2D eigenvalue weighted by Gasteiger charge is -2.25. The van der Waals surface area contributed by atoms with Crippen molar-refractivity contribution in [2.45, 2.75) is 39.7 Å². The fourth-order valence-electron chi connectivity index (χ4n) is 1.57. The number of pyridine rings is 1. The summed E-state index contributed by atoms with van der Waals surface area (Å²) in [6.07, 6.45) is 1.85. The second-order valence-electron chi connectivity index (χ2n) is 4.38. The molecule has 2 nitrogen and oxygen atoms in total. The van der Waals surface area contributed by atoms with Crippen LogP contribution >= 0.6 is 15.9 Å². The van der Waals surface area contributed by atoms with Gasteiger partial charge in [0.05, 0.1) is 4.47 Å². The van der Waals surface area contributed by atoms with E-state index >= 15 is 0 Å². The molecule has 0 aromatic carbocycles. The monoisotopic (exact) mass is 257 g/mol. The number of hydrogen-bond donors (Lipinski definition) is 0. The predicted octanol–water partition coefficient (Wildman–Crippen LogP) is 2.93. The number of hydrogen-bond acceptors (Lipinski definition) is 1. The highest BCUT2D eigenvalue weighted by molar-refractivity contribution is 9.10. The molecule has 14 heavy (non-hydrogen) atoms. The smallest absolute Gasteiger partial charge is 0.196 e. The highest BCUT2D eigenvalue weighted by Gasteiger charge is 2.21. The van der Waals surface area contributed by atoms with Crippen molar-refractivity contribution in [3.63, 3.8) is 0 Å². The molecule has 0 saturated carbocycles. The second-order valence-corrected chi connectivity index (χ2v) is 5.17. The fourth-order valence-corrected chi connectivity index (χ4v) is 2.53. The first kappa shape index (κ1) is 11.5. The van der Waals surface area contributed by atoms with E-state index in [2.05, 4.69) is 48.2 Å². The van der Waals surface area contributed by atoms with Crippen LogP contribution in [0.25, 0.3) is 0 Å². The molecule has 0 radical (unpaired) electrons. The molecular weight excluding hydrogens is 242 g/mol. The molecule has 0 aliphatic rings. The van der Waals surface area contributed by atoms with Gasteiger partial charge < -0.3 is 4.57 Å². The summed E-state index contributed by atoms with van der Waals surface area (Å²) in [5.74, 6) is 0. The summed E-state index contributed by atoms with van der Waals surface area (Å²) in [6.45, 7) is 9.29. The summed E-state index contributed by atoms with van der Waals surface area (Å²) < 4.78 is 2.79. The molecule has 0 spiro atoms. The largest absolute Gasteiger partial charge is 0.350 e. The molecule has 1 aromatic rings. The van der Waals surface area contributed by atoms with E-state index in [-0.39, 0.29) is 10.8 Å². The molecule has 0 unspecified atom stereocenters. The second kappa shape index (κ2) is 3.89. The number of aryl methyl sites for hydroxylation is 1. The minimum atomic E-state index is -0.0186. The Hall–Kier alpha value is -0.570. The standard InChI is InChI=1S/C11H16BrNO/c1-5-13-7-6-8(14)9(12)10(13)11(2,3)4/h6-7H,5H2,1-4H3. The van der Waals surface area contributed by atoms with Crippen LogP contribution < -0.4 is 5.43 Å². The van der Waals surface area contributed by atoms with Crippen molar-refractivity contribution in [1.82, 2.24) is 4.57 Å². The Kier molecular flexibility index (Phi) is 3.20. The lowest BCUT2D eigenvalue weighted by atomic mass is 9.91. The summed E-state index contributed by atoms with van der Waals surface area (Å²) in [5.41, 5.74) is 1.10. The van der Waals surface area contributed by atoms with Crippen molar-refractivity contribution in [2.75, 3.05) is 0 Å². The van der Waals surface area contributed by atoms with Crippen molar-refractivity contribution >= 4 is 15.9 Å². The molecular formula is C11H16BrNO. The molecule has 0 bridgehead atoms. The third-order valence-corrected chi connectivity index (χ3v) is 2.93. The van der Waals surface area contributed by atoms with E-state index in [4.69, 9.17) is 0 Å². The molecule has 0 saturated heterocycles. The number of rotatable bonds is 1. The van der Waals surface area contributed by atoms with Crippen molar-refractivity contribution in [3.8, 4) is 0 Å². The third-order valence-electron chi connectivity index (χ3n) is 2.17. The number of nitrogens with zero attached hydrogens (tertiary/aromatic N) is 1. The van der Waals surface area contributed by atoms with E-state index < -0.39 is 0 Å². The van der Waals surface area contributed by atoms with E-state index in [1.165, 1.54) is 0 Å². The van der Waals surface area contributed by atoms with Gasteiger partial charge in [0.1, 0.15) is 0 Å². The van der Waals surface area contributed by atoms with Crippen molar-refractivity contribution < 1.29 is 0 Å². The van der Waals surface area contributed by atoms with Crippen molar-refractivity contribution in [3.05, 3.63) is 32.7 Å². The van der Waals surface area contributed by atoms with Crippen LogP contribution in [0.15, 0.2) is 21.5 Å². The Bertz CT molecular complexity index is 387. The minimum Gasteiger partial charge on any atom is -0.350 e. The maximum Gasteiger partial charge on any atom is 0.196 e. The van der Waals surface area contributed by atoms with Crippen LogP contribution in [0.3, 0.4) is 0 Å². The third kappa shape index (κ3) is 2.08. The highest BCUT2D eigenvalue weighted by Crippen LogP contribution is 2.27. The number of aromatic nitrogens is 1. The Morgan fingerprint density at radius 2 is 2.00 bits per heavy atom. The Balaban J connectivity index is 3.52. The van der Waals surface area contributed by atoms with E-state index in [0.717, 1.165) is 12.2 Å². The van der Waals surface area contributed by atoms with Gasteiger partial charge in [-0.3, -0.25) is 4.79 Å². The fraction of sp³-hybridized carbons (Fsp3) is 0.545. The van der Waals surface area contributed by atoms with E-state index in [9.17, 15) is 4.79 Å². The maximum atomic E-state index is 11.5. The summed E-state index contributed by atoms with van der Waals surface area (Å²) in [4.78, 5) is 11.5. The van der Waals surface area contributed by atoms with Gasteiger partial charge >= 0.3 is 0 Å². The molecule has 1 aromatic heterocycles. The zero-order valence-corrected chi connectivity index (χ0v) is 10.7. The highest BCUT2D eigenvalue weighted by atomic mass is 79.9. The van der Waals surface area contributed by atoms with Gasteiger partial charge in [0, 0.05) is 29.9 Å². The van der Waals surface area contributed by atoms with Crippen LogP contribution in [0.4, 0.5) is 0 Å². The quantitative estimate of drug-likeness (QED) is 0.759. The zero-order valence-electron chi connectivity index (χ0n) is 9.10. The van der Waals surface area contributed by atoms with Crippen molar-refractivity contribution in [2.24, 2.45) is 0 Å². The van der Waals surface area contributed by atoms with Gasteiger partial charge in [0.15, 0.2) is 5.43 Å².